The maximum absolute atomic E-state index is 13.0. The van der Waals surface area contributed by atoms with E-state index in [1.54, 1.807) is 19.1 Å². The molecule has 7 nitrogen and oxygen atoms in total. The van der Waals surface area contributed by atoms with Crippen molar-refractivity contribution in [3.05, 3.63) is 65.4 Å². The minimum Gasteiger partial charge on any atom is -0.358 e. The molecule has 2 heterocycles. The van der Waals surface area contributed by atoms with Crippen LogP contribution < -0.4 is 0 Å². The Morgan fingerprint density at radius 3 is 2.19 bits per heavy atom. The number of Topliss-reactive ketones (excluding diaryl/α,β-unsaturated/α-hetero) is 1. The zero-order chi connectivity index (χ0) is 23.0. The van der Waals surface area contributed by atoms with Crippen LogP contribution in [0.1, 0.15) is 41.4 Å². The molecule has 1 aliphatic heterocycles. The molecule has 0 unspecified atom stereocenters. The third-order valence-electron chi connectivity index (χ3n) is 6.03. The first-order valence-corrected chi connectivity index (χ1v) is 12.1. The third kappa shape index (κ3) is 3.96. The number of ketones is 1. The number of para-hydroxylation sites is 1. The minimum absolute atomic E-state index is 0.153. The van der Waals surface area contributed by atoms with Gasteiger partial charge >= 0.3 is 0 Å². The smallest absolute Gasteiger partial charge is 0.295 e. The maximum atomic E-state index is 13.0. The van der Waals surface area contributed by atoms with Gasteiger partial charge < -0.3 is 9.88 Å². The number of rotatable bonds is 5. The van der Waals surface area contributed by atoms with E-state index in [2.05, 4.69) is 18.8 Å². The lowest BCUT2D eigenvalue weighted by molar-refractivity contribution is -0.127. The zero-order valence-electron chi connectivity index (χ0n) is 18.5. The van der Waals surface area contributed by atoms with Crippen molar-refractivity contribution in [1.82, 2.24) is 14.2 Å². The van der Waals surface area contributed by atoms with Gasteiger partial charge in [0, 0.05) is 42.8 Å². The van der Waals surface area contributed by atoms with Crippen molar-refractivity contribution in [3.8, 4) is 0 Å². The molecule has 168 valence electrons. The molecule has 0 aliphatic carbocycles. The number of hydrogen-bond donors (Lipinski definition) is 1. The molecule has 1 aromatic heterocycles. The lowest BCUT2D eigenvalue weighted by Crippen LogP contribution is -2.52. The van der Waals surface area contributed by atoms with Crippen molar-refractivity contribution in [2.24, 2.45) is 0 Å². The summed E-state index contributed by atoms with van der Waals surface area (Å²) in [6.45, 7) is 6.54. The van der Waals surface area contributed by atoms with Gasteiger partial charge in [0.15, 0.2) is 0 Å². The fourth-order valence-corrected chi connectivity index (χ4v) is 5.55. The number of nitrogens with one attached hydrogen (secondary N) is 1. The highest BCUT2D eigenvalue weighted by Crippen LogP contribution is 2.24. The van der Waals surface area contributed by atoms with Crippen molar-refractivity contribution in [1.29, 1.82) is 0 Å². The molecule has 3 aromatic rings. The van der Waals surface area contributed by atoms with Crippen LogP contribution >= 0.6 is 0 Å². The molecule has 0 saturated carbocycles. The first-order chi connectivity index (χ1) is 15.2. The van der Waals surface area contributed by atoms with Gasteiger partial charge in [0.05, 0.1) is 10.5 Å². The van der Waals surface area contributed by atoms with Crippen LogP contribution in [-0.4, -0.2) is 60.5 Å². The van der Waals surface area contributed by atoms with Gasteiger partial charge in [0.25, 0.3) is 11.7 Å². The molecule has 1 aliphatic rings. The Hall–Kier alpha value is -2.97. The molecule has 0 bridgehead atoms. The summed E-state index contributed by atoms with van der Waals surface area (Å²) in [5, 5.41) is 0.717. The van der Waals surface area contributed by atoms with Crippen LogP contribution in [0.4, 0.5) is 0 Å². The topological polar surface area (TPSA) is 90.6 Å². The predicted molar refractivity (Wildman–Crippen MR) is 123 cm³/mol. The van der Waals surface area contributed by atoms with E-state index in [4.69, 9.17) is 0 Å². The molecular formula is C24H27N3O4S. The molecule has 2 aromatic carbocycles. The summed E-state index contributed by atoms with van der Waals surface area (Å²) in [6, 6.07) is 14.3. The summed E-state index contributed by atoms with van der Waals surface area (Å²) >= 11 is 0. The number of sulfonamides is 1. The van der Waals surface area contributed by atoms with E-state index < -0.39 is 21.7 Å². The Morgan fingerprint density at radius 1 is 0.938 bits per heavy atom. The number of benzene rings is 2. The monoisotopic (exact) mass is 453 g/mol. The Bertz CT molecular complexity index is 1270. The minimum atomic E-state index is -3.65. The van der Waals surface area contributed by atoms with Crippen LogP contribution in [0.5, 0.6) is 0 Å². The fourth-order valence-electron chi connectivity index (χ4n) is 4.13. The quantitative estimate of drug-likeness (QED) is 0.474. The van der Waals surface area contributed by atoms with E-state index in [1.807, 2.05) is 36.4 Å². The largest absolute Gasteiger partial charge is 0.358 e. The molecular weight excluding hydrogens is 426 g/mol. The van der Waals surface area contributed by atoms with E-state index in [-0.39, 0.29) is 31.1 Å². The van der Waals surface area contributed by atoms with Crippen molar-refractivity contribution >= 4 is 32.6 Å². The lowest BCUT2D eigenvalue weighted by atomic mass is 10.0. The molecule has 1 amide bonds. The highest BCUT2D eigenvalue weighted by molar-refractivity contribution is 7.89. The second-order valence-electron chi connectivity index (χ2n) is 8.42. The molecule has 0 spiro atoms. The molecule has 8 heteroatoms. The molecule has 32 heavy (non-hydrogen) atoms. The van der Waals surface area contributed by atoms with Gasteiger partial charge in [-0.2, -0.15) is 4.31 Å². The molecule has 0 radical (unpaired) electrons. The SMILES string of the molecule is Cc1[nH]c2ccccc2c1C(=O)C(=O)N1CCN(S(=O)(=O)c2ccc(C(C)C)cc2)CC1. The maximum Gasteiger partial charge on any atom is 0.295 e. The number of amides is 1. The van der Waals surface area contributed by atoms with E-state index in [1.165, 1.54) is 9.21 Å². The number of hydrogen-bond acceptors (Lipinski definition) is 4. The standard InChI is InChI=1S/C24H27N3O4S/c1-16(2)18-8-10-19(11-9-18)32(30,31)27-14-12-26(13-15-27)24(29)23(28)22-17(3)25-21-7-5-4-6-20(21)22/h4-11,16,25H,12-15H2,1-3H3. The summed E-state index contributed by atoms with van der Waals surface area (Å²) in [6.07, 6.45) is 0. The van der Waals surface area contributed by atoms with Crippen LogP contribution in [0.25, 0.3) is 10.9 Å². The van der Waals surface area contributed by atoms with Crippen LogP contribution in [-0.2, 0) is 14.8 Å². The number of aromatic amines is 1. The fraction of sp³-hybridized carbons (Fsp3) is 0.333. The Balaban J connectivity index is 1.46. The van der Waals surface area contributed by atoms with E-state index in [0.717, 1.165) is 16.5 Å². The van der Waals surface area contributed by atoms with Crippen LogP contribution in [0.3, 0.4) is 0 Å². The average Bonchev–Trinajstić information content (AvgIpc) is 3.13. The predicted octanol–water partition coefficient (Wildman–Crippen LogP) is 3.32. The summed E-state index contributed by atoms with van der Waals surface area (Å²) in [4.78, 5) is 30.7. The van der Waals surface area contributed by atoms with Crippen LogP contribution in [0.15, 0.2) is 53.4 Å². The van der Waals surface area contributed by atoms with Crippen LogP contribution in [0.2, 0.25) is 0 Å². The number of H-pyrrole nitrogens is 1. The van der Waals surface area contributed by atoms with Gasteiger partial charge in [-0.25, -0.2) is 8.42 Å². The summed E-state index contributed by atoms with van der Waals surface area (Å²) in [5.74, 6) is -0.851. The molecule has 4 rings (SSSR count). The van der Waals surface area contributed by atoms with Crippen molar-refractivity contribution < 1.29 is 18.0 Å². The number of piperazine rings is 1. The number of carbonyl (C=O) groups is 2. The Labute approximate surface area is 188 Å². The highest BCUT2D eigenvalue weighted by atomic mass is 32.2. The van der Waals surface area contributed by atoms with Crippen LogP contribution in [0, 0.1) is 6.92 Å². The van der Waals surface area contributed by atoms with E-state index in [9.17, 15) is 18.0 Å². The number of aryl methyl sites for hydroxylation is 1. The second kappa shape index (κ2) is 8.52. The van der Waals surface area contributed by atoms with Crippen molar-refractivity contribution in [3.63, 3.8) is 0 Å². The van der Waals surface area contributed by atoms with Crippen molar-refractivity contribution in [2.75, 3.05) is 26.2 Å². The summed E-state index contributed by atoms with van der Waals surface area (Å²) in [5.41, 5.74) is 2.91. The average molecular weight is 454 g/mol. The van der Waals surface area contributed by atoms with Crippen molar-refractivity contribution in [2.45, 2.75) is 31.6 Å². The molecule has 1 N–H and O–H groups in total. The number of fused-ring (bicyclic) bond motifs is 1. The lowest BCUT2D eigenvalue weighted by Gasteiger charge is -2.33. The van der Waals surface area contributed by atoms with Gasteiger partial charge in [-0.3, -0.25) is 9.59 Å². The number of aromatic nitrogens is 1. The second-order valence-corrected chi connectivity index (χ2v) is 10.4. The molecule has 0 atom stereocenters. The molecule has 1 saturated heterocycles. The van der Waals surface area contributed by atoms with Gasteiger partial charge in [-0.15, -0.1) is 0 Å². The number of nitrogens with zero attached hydrogens (tertiary/aromatic N) is 2. The zero-order valence-corrected chi connectivity index (χ0v) is 19.3. The third-order valence-corrected chi connectivity index (χ3v) is 7.94. The Kier molecular flexibility index (Phi) is 5.92. The summed E-state index contributed by atoms with van der Waals surface area (Å²) < 4.78 is 27.4. The van der Waals surface area contributed by atoms with Gasteiger partial charge in [-0.05, 0) is 36.6 Å². The Morgan fingerprint density at radius 2 is 1.56 bits per heavy atom. The highest BCUT2D eigenvalue weighted by Gasteiger charge is 2.33. The van der Waals surface area contributed by atoms with Gasteiger partial charge in [0.1, 0.15) is 0 Å². The molecule has 1 fully saturated rings. The summed E-state index contributed by atoms with van der Waals surface area (Å²) in [7, 11) is -3.65. The number of carbonyl (C=O) groups excluding carboxylic acids is 2. The van der Waals surface area contributed by atoms with E-state index in [0.29, 0.717) is 17.2 Å². The van der Waals surface area contributed by atoms with Gasteiger partial charge in [0.2, 0.25) is 10.0 Å². The van der Waals surface area contributed by atoms with E-state index >= 15 is 0 Å². The normalized spacial score (nSPS) is 15.4. The first kappa shape index (κ1) is 22.2. The van der Waals surface area contributed by atoms with Gasteiger partial charge in [-0.1, -0.05) is 44.2 Å². The first-order valence-electron chi connectivity index (χ1n) is 10.7.